The Hall–Kier alpha value is -2.03. The number of nitrogens with zero attached hydrogens (tertiary/aromatic N) is 3. The summed E-state index contributed by atoms with van der Waals surface area (Å²) in [7, 11) is 0. The highest BCUT2D eigenvalue weighted by Gasteiger charge is 2.23. The van der Waals surface area contributed by atoms with E-state index in [-0.39, 0.29) is 18.1 Å². The van der Waals surface area contributed by atoms with Crippen molar-refractivity contribution in [1.29, 1.82) is 0 Å². The Morgan fingerprint density at radius 1 is 1.40 bits per heavy atom. The van der Waals surface area contributed by atoms with Crippen molar-refractivity contribution in [2.75, 3.05) is 11.9 Å². The van der Waals surface area contributed by atoms with E-state index in [4.69, 9.17) is 4.74 Å². The van der Waals surface area contributed by atoms with Gasteiger partial charge in [-0.15, -0.1) is 10.2 Å². The fourth-order valence-electron chi connectivity index (χ4n) is 2.95. The summed E-state index contributed by atoms with van der Waals surface area (Å²) in [5.41, 5.74) is 1.13. The molecule has 1 fully saturated rings. The maximum atomic E-state index is 12.5. The Morgan fingerprint density at radius 2 is 2.28 bits per heavy atom. The number of anilines is 1. The largest absolute Gasteiger partial charge is 0.371 e. The van der Waals surface area contributed by atoms with Crippen LogP contribution >= 0.6 is 22.7 Å². The topological polar surface area (TPSA) is 69.0 Å². The predicted octanol–water partition coefficient (Wildman–Crippen LogP) is 3.87. The molecule has 0 aromatic carbocycles. The number of rotatable bonds is 6. The van der Waals surface area contributed by atoms with Gasteiger partial charge in [0.15, 0.2) is 0 Å². The zero-order valence-electron chi connectivity index (χ0n) is 13.5. The van der Waals surface area contributed by atoms with Crippen LogP contribution in [0.1, 0.15) is 42.0 Å². The number of hydrogen-bond acceptors (Lipinski definition) is 6. The Balaban J connectivity index is 1.43. The number of aromatic nitrogens is 3. The van der Waals surface area contributed by atoms with Gasteiger partial charge in [0.25, 0.3) is 0 Å². The van der Waals surface area contributed by atoms with Gasteiger partial charge >= 0.3 is 0 Å². The van der Waals surface area contributed by atoms with Crippen molar-refractivity contribution in [3.8, 4) is 0 Å². The number of hydrogen-bond donors (Lipinski definition) is 1. The number of thiophene rings is 1. The highest BCUT2D eigenvalue weighted by molar-refractivity contribution is 7.15. The molecular weight excluding hydrogens is 356 g/mol. The second-order valence-corrected chi connectivity index (χ2v) is 7.69. The van der Waals surface area contributed by atoms with E-state index in [1.807, 2.05) is 29.9 Å². The third-order valence-electron chi connectivity index (χ3n) is 4.19. The zero-order chi connectivity index (χ0) is 17.1. The third-order valence-corrected chi connectivity index (χ3v) is 5.82. The van der Waals surface area contributed by atoms with Gasteiger partial charge in [0.05, 0.1) is 12.5 Å². The maximum absolute atomic E-state index is 12.5. The first-order chi connectivity index (χ1) is 12.3. The van der Waals surface area contributed by atoms with E-state index >= 15 is 0 Å². The molecule has 4 heterocycles. The van der Waals surface area contributed by atoms with Crippen LogP contribution in [0.3, 0.4) is 0 Å². The average molecular weight is 374 g/mol. The van der Waals surface area contributed by atoms with Gasteiger partial charge in [-0.1, -0.05) is 11.3 Å². The van der Waals surface area contributed by atoms with E-state index in [1.54, 1.807) is 11.3 Å². The van der Waals surface area contributed by atoms with E-state index in [0.29, 0.717) is 11.6 Å². The van der Waals surface area contributed by atoms with E-state index in [2.05, 4.69) is 31.5 Å². The van der Waals surface area contributed by atoms with Gasteiger partial charge in [0.1, 0.15) is 11.1 Å². The lowest BCUT2D eigenvalue weighted by Gasteiger charge is -2.17. The first-order valence-electron chi connectivity index (χ1n) is 8.19. The highest BCUT2D eigenvalue weighted by Crippen LogP contribution is 2.32. The van der Waals surface area contributed by atoms with E-state index in [0.717, 1.165) is 30.0 Å². The molecule has 25 heavy (non-hydrogen) atoms. The van der Waals surface area contributed by atoms with Crippen LogP contribution in [0.15, 0.2) is 41.4 Å². The van der Waals surface area contributed by atoms with Gasteiger partial charge in [0.2, 0.25) is 11.0 Å². The molecule has 0 unspecified atom stereocenters. The molecular formula is C17H18N4O2S2. The summed E-state index contributed by atoms with van der Waals surface area (Å²) in [5, 5.41) is 16.6. The fourth-order valence-corrected chi connectivity index (χ4v) is 4.50. The molecule has 1 N–H and O–H groups in total. The molecule has 6 nitrogen and oxygen atoms in total. The van der Waals surface area contributed by atoms with Crippen LogP contribution in [0.2, 0.25) is 0 Å². The first-order valence-corrected chi connectivity index (χ1v) is 9.95. The standard InChI is InChI=1S/C17H18N4O2S2/c22-15(18-17-20-19-16(25-17)14-4-3-8-23-14)10-13(12-5-9-24-11-12)21-6-1-2-7-21/h1-2,5-7,9,11,13-14H,3-4,8,10H2,(H,18,20,22)/t13-,14-/m0/s1. The molecule has 0 saturated carbocycles. The molecule has 1 saturated heterocycles. The van der Waals surface area contributed by atoms with Gasteiger partial charge in [-0.2, -0.15) is 11.3 Å². The zero-order valence-corrected chi connectivity index (χ0v) is 15.1. The van der Waals surface area contributed by atoms with E-state index in [1.165, 1.54) is 11.3 Å². The molecule has 3 aromatic rings. The van der Waals surface area contributed by atoms with E-state index in [9.17, 15) is 4.79 Å². The molecule has 3 aromatic heterocycles. The molecule has 4 rings (SSSR count). The van der Waals surface area contributed by atoms with Crippen LogP contribution in [0, 0.1) is 0 Å². The van der Waals surface area contributed by atoms with Crippen molar-refractivity contribution in [1.82, 2.24) is 14.8 Å². The van der Waals surface area contributed by atoms with Crippen LogP contribution in [0.4, 0.5) is 5.13 Å². The second-order valence-electron chi connectivity index (χ2n) is 5.90. The molecule has 8 heteroatoms. The summed E-state index contributed by atoms with van der Waals surface area (Å²) in [6.45, 7) is 0.769. The van der Waals surface area contributed by atoms with Crippen molar-refractivity contribution in [2.45, 2.75) is 31.4 Å². The molecule has 0 spiro atoms. The van der Waals surface area contributed by atoms with Crippen LogP contribution in [0.5, 0.6) is 0 Å². The SMILES string of the molecule is O=C(C[C@@H](c1ccsc1)n1cccc1)Nc1nnc([C@@H]2CCCO2)s1. The van der Waals surface area contributed by atoms with Crippen LogP contribution in [-0.2, 0) is 9.53 Å². The Bertz CT molecular complexity index is 773. The summed E-state index contributed by atoms with van der Waals surface area (Å²) in [6.07, 6.45) is 6.36. The monoisotopic (exact) mass is 374 g/mol. The highest BCUT2D eigenvalue weighted by atomic mass is 32.1. The molecule has 1 amide bonds. The normalized spacial score (nSPS) is 18.3. The summed E-state index contributed by atoms with van der Waals surface area (Å²) in [6, 6.07) is 5.97. The van der Waals surface area contributed by atoms with Gasteiger partial charge in [-0.25, -0.2) is 0 Å². The lowest BCUT2D eigenvalue weighted by atomic mass is 10.1. The molecule has 130 valence electrons. The van der Waals surface area contributed by atoms with Crippen molar-refractivity contribution >= 4 is 33.7 Å². The molecule has 0 bridgehead atoms. The van der Waals surface area contributed by atoms with Gasteiger partial charge in [0, 0.05) is 19.0 Å². The number of amides is 1. The number of carbonyl (C=O) groups is 1. The predicted molar refractivity (Wildman–Crippen MR) is 98.0 cm³/mol. The molecule has 0 aliphatic carbocycles. The summed E-state index contributed by atoms with van der Waals surface area (Å²) in [5.74, 6) is -0.0695. The third kappa shape index (κ3) is 3.81. The Labute approximate surface area is 153 Å². The van der Waals surface area contributed by atoms with Gasteiger partial charge in [-0.05, 0) is 47.4 Å². The Morgan fingerprint density at radius 3 is 3.00 bits per heavy atom. The molecule has 0 radical (unpaired) electrons. The van der Waals surface area contributed by atoms with Crippen molar-refractivity contribution in [3.63, 3.8) is 0 Å². The van der Waals surface area contributed by atoms with Crippen molar-refractivity contribution < 1.29 is 9.53 Å². The maximum Gasteiger partial charge on any atom is 0.228 e. The number of ether oxygens (including phenoxy) is 1. The number of carbonyl (C=O) groups excluding carboxylic acids is 1. The van der Waals surface area contributed by atoms with E-state index < -0.39 is 0 Å². The van der Waals surface area contributed by atoms with Gasteiger partial charge in [-0.3, -0.25) is 4.79 Å². The van der Waals surface area contributed by atoms with Crippen LogP contribution < -0.4 is 5.32 Å². The summed E-state index contributed by atoms with van der Waals surface area (Å²) < 4.78 is 7.67. The minimum atomic E-state index is -0.0695. The van der Waals surface area contributed by atoms with Crippen LogP contribution in [-0.4, -0.2) is 27.3 Å². The van der Waals surface area contributed by atoms with Gasteiger partial charge < -0.3 is 14.6 Å². The van der Waals surface area contributed by atoms with Crippen molar-refractivity contribution in [3.05, 3.63) is 51.9 Å². The fraction of sp³-hybridized carbons (Fsp3) is 0.353. The van der Waals surface area contributed by atoms with Crippen molar-refractivity contribution in [2.24, 2.45) is 0 Å². The second kappa shape index (κ2) is 7.47. The smallest absolute Gasteiger partial charge is 0.228 e. The average Bonchev–Trinajstić information content (AvgIpc) is 3.42. The lowest BCUT2D eigenvalue weighted by molar-refractivity contribution is -0.116. The molecule has 2 atom stereocenters. The minimum absolute atomic E-state index is 0.0215. The summed E-state index contributed by atoms with van der Waals surface area (Å²) in [4.78, 5) is 12.5. The molecule has 1 aliphatic heterocycles. The van der Waals surface area contributed by atoms with Crippen LogP contribution in [0.25, 0.3) is 0 Å². The molecule has 1 aliphatic rings. The minimum Gasteiger partial charge on any atom is -0.371 e. The summed E-state index contributed by atoms with van der Waals surface area (Å²) >= 11 is 3.03. The Kier molecular flexibility index (Phi) is 4.91. The number of nitrogens with one attached hydrogen (secondary N) is 1. The first kappa shape index (κ1) is 16.4. The quantitative estimate of drug-likeness (QED) is 0.711. The lowest BCUT2D eigenvalue weighted by Crippen LogP contribution is -2.19.